The lowest BCUT2D eigenvalue weighted by molar-refractivity contribution is 0.0463. The summed E-state index contributed by atoms with van der Waals surface area (Å²) in [6.45, 7) is 10.9. The molecule has 140 valence electrons. The Bertz CT molecular complexity index is 606. The van der Waals surface area contributed by atoms with Crippen LogP contribution in [0.4, 0.5) is 9.59 Å². The summed E-state index contributed by atoms with van der Waals surface area (Å²) in [6, 6.07) is 7.02. The predicted molar refractivity (Wildman–Crippen MR) is 100 cm³/mol. The van der Waals surface area contributed by atoms with Gasteiger partial charge in [0.25, 0.3) is 0 Å². The van der Waals surface area contributed by atoms with Crippen LogP contribution in [0.2, 0.25) is 0 Å². The third-order valence-electron chi connectivity index (χ3n) is 2.79. The molecular formula is C18H27BrN2O4. The Kier molecular flexibility index (Phi) is 7.29. The van der Waals surface area contributed by atoms with E-state index in [2.05, 4.69) is 26.6 Å². The molecule has 0 fully saturated rings. The van der Waals surface area contributed by atoms with Crippen molar-refractivity contribution in [3.8, 4) is 0 Å². The van der Waals surface area contributed by atoms with Crippen LogP contribution >= 0.6 is 15.9 Å². The number of halogens is 1. The van der Waals surface area contributed by atoms with Crippen LogP contribution in [0, 0.1) is 0 Å². The SMILES string of the molecule is CC(C)(C)OC(=O)NCC(NC(=O)OC(C)(C)C)c1cccc(Br)c1. The van der Waals surface area contributed by atoms with Crippen molar-refractivity contribution < 1.29 is 19.1 Å². The number of carbonyl (C=O) groups is 2. The number of alkyl carbamates (subject to hydrolysis) is 2. The van der Waals surface area contributed by atoms with Gasteiger partial charge in [-0.15, -0.1) is 0 Å². The van der Waals surface area contributed by atoms with Crippen molar-refractivity contribution >= 4 is 28.1 Å². The van der Waals surface area contributed by atoms with E-state index in [1.54, 1.807) is 41.5 Å². The number of benzene rings is 1. The molecule has 1 aromatic rings. The maximum absolute atomic E-state index is 12.1. The maximum atomic E-state index is 12.1. The number of ether oxygens (including phenoxy) is 2. The smallest absolute Gasteiger partial charge is 0.408 e. The van der Waals surface area contributed by atoms with Gasteiger partial charge in [0.15, 0.2) is 0 Å². The molecule has 0 heterocycles. The molecule has 2 N–H and O–H groups in total. The van der Waals surface area contributed by atoms with Crippen molar-refractivity contribution in [2.75, 3.05) is 6.54 Å². The molecule has 1 rings (SSSR count). The minimum Gasteiger partial charge on any atom is -0.444 e. The molecule has 0 aliphatic heterocycles. The van der Waals surface area contributed by atoms with E-state index in [9.17, 15) is 9.59 Å². The minimum absolute atomic E-state index is 0.171. The van der Waals surface area contributed by atoms with Crippen molar-refractivity contribution in [3.05, 3.63) is 34.3 Å². The monoisotopic (exact) mass is 414 g/mol. The van der Waals surface area contributed by atoms with Crippen LogP contribution in [0.25, 0.3) is 0 Å². The van der Waals surface area contributed by atoms with E-state index in [0.717, 1.165) is 10.0 Å². The van der Waals surface area contributed by atoms with Gasteiger partial charge in [-0.25, -0.2) is 9.59 Å². The first kappa shape index (κ1) is 21.3. The predicted octanol–water partition coefficient (Wildman–Crippen LogP) is 4.54. The van der Waals surface area contributed by atoms with Gasteiger partial charge in [-0.05, 0) is 59.2 Å². The van der Waals surface area contributed by atoms with Gasteiger partial charge in [0.1, 0.15) is 11.2 Å². The first-order valence-corrected chi connectivity index (χ1v) is 8.87. The molecule has 6 nitrogen and oxygen atoms in total. The molecule has 1 aromatic carbocycles. The van der Waals surface area contributed by atoms with E-state index in [-0.39, 0.29) is 6.54 Å². The molecule has 0 saturated carbocycles. The fourth-order valence-electron chi connectivity index (χ4n) is 1.92. The number of carbonyl (C=O) groups excluding carboxylic acids is 2. The number of nitrogens with one attached hydrogen (secondary N) is 2. The van der Waals surface area contributed by atoms with E-state index in [4.69, 9.17) is 9.47 Å². The number of hydrogen-bond donors (Lipinski definition) is 2. The summed E-state index contributed by atoms with van der Waals surface area (Å²) < 4.78 is 11.4. The molecule has 0 saturated heterocycles. The summed E-state index contributed by atoms with van der Waals surface area (Å²) >= 11 is 3.41. The average Bonchev–Trinajstić information content (AvgIpc) is 2.39. The van der Waals surface area contributed by atoms with Gasteiger partial charge >= 0.3 is 12.2 Å². The molecule has 0 aliphatic rings. The van der Waals surface area contributed by atoms with Crippen LogP contribution < -0.4 is 10.6 Å². The molecule has 0 aliphatic carbocycles. The molecule has 1 unspecified atom stereocenters. The van der Waals surface area contributed by atoms with E-state index >= 15 is 0 Å². The second-order valence-corrected chi connectivity index (χ2v) is 8.55. The van der Waals surface area contributed by atoms with E-state index in [1.807, 2.05) is 24.3 Å². The fourth-order valence-corrected chi connectivity index (χ4v) is 2.34. The molecule has 0 bridgehead atoms. The van der Waals surface area contributed by atoms with Crippen LogP contribution in [0.5, 0.6) is 0 Å². The first-order valence-electron chi connectivity index (χ1n) is 8.07. The van der Waals surface area contributed by atoms with Crippen LogP contribution in [-0.4, -0.2) is 29.9 Å². The zero-order valence-corrected chi connectivity index (χ0v) is 17.2. The molecule has 1 atom stereocenters. The minimum atomic E-state index is -0.607. The largest absolute Gasteiger partial charge is 0.444 e. The van der Waals surface area contributed by atoms with Crippen LogP contribution in [0.1, 0.15) is 53.1 Å². The topological polar surface area (TPSA) is 76.7 Å². The van der Waals surface area contributed by atoms with Crippen LogP contribution in [-0.2, 0) is 9.47 Å². The van der Waals surface area contributed by atoms with Gasteiger partial charge in [0.05, 0.1) is 6.04 Å². The van der Waals surface area contributed by atoms with Crippen molar-refractivity contribution in [3.63, 3.8) is 0 Å². The van der Waals surface area contributed by atoms with E-state index < -0.39 is 29.4 Å². The third-order valence-corrected chi connectivity index (χ3v) is 3.28. The lowest BCUT2D eigenvalue weighted by Gasteiger charge is -2.25. The summed E-state index contributed by atoms with van der Waals surface area (Å²) in [7, 11) is 0. The lowest BCUT2D eigenvalue weighted by atomic mass is 10.1. The molecule has 25 heavy (non-hydrogen) atoms. The second kappa shape index (κ2) is 8.56. The number of amides is 2. The molecule has 7 heteroatoms. The molecule has 2 amide bonds. The van der Waals surface area contributed by atoms with Crippen LogP contribution in [0.3, 0.4) is 0 Å². The van der Waals surface area contributed by atoms with Crippen molar-refractivity contribution in [1.29, 1.82) is 0 Å². The molecule has 0 spiro atoms. The number of hydrogen-bond acceptors (Lipinski definition) is 4. The molecular weight excluding hydrogens is 388 g/mol. The average molecular weight is 415 g/mol. The summed E-state index contributed by atoms with van der Waals surface area (Å²) in [5.74, 6) is 0. The fraction of sp³-hybridized carbons (Fsp3) is 0.556. The van der Waals surface area contributed by atoms with E-state index in [1.165, 1.54) is 0 Å². The Morgan fingerprint density at radius 2 is 1.60 bits per heavy atom. The Morgan fingerprint density at radius 1 is 1.04 bits per heavy atom. The van der Waals surface area contributed by atoms with Gasteiger partial charge < -0.3 is 20.1 Å². The zero-order chi connectivity index (χ0) is 19.3. The highest BCUT2D eigenvalue weighted by molar-refractivity contribution is 9.10. The van der Waals surface area contributed by atoms with Gasteiger partial charge in [-0.3, -0.25) is 0 Å². The maximum Gasteiger partial charge on any atom is 0.408 e. The zero-order valence-electron chi connectivity index (χ0n) is 15.6. The lowest BCUT2D eigenvalue weighted by Crippen LogP contribution is -2.41. The quantitative estimate of drug-likeness (QED) is 0.757. The molecule has 0 aromatic heterocycles. The normalized spacial score (nSPS) is 12.9. The highest BCUT2D eigenvalue weighted by Gasteiger charge is 2.22. The summed E-state index contributed by atoms with van der Waals surface area (Å²) in [5.41, 5.74) is -0.366. The third kappa shape index (κ3) is 9.34. The standard InChI is InChI=1S/C18H27BrN2O4/c1-17(2,3)24-15(22)20-11-14(12-8-7-9-13(19)10-12)21-16(23)25-18(4,5)6/h7-10,14H,11H2,1-6H3,(H,20,22)(H,21,23). The van der Waals surface area contributed by atoms with Gasteiger partial charge in [0.2, 0.25) is 0 Å². The van der Waals surface area contributed by atoms with Gasteiger partial charge in [0, 0.05) is 11.0 Å². The summed E-state index contributed by atoms with van der Waals surface area (Å²) in [6.07, 6.45) is -1.10. The highest BCUT2D eigenvalue weighted by atomic mass is 79.9. The molecule has 0 radical (unpaired) electrons. The van der Waals surface area contributed by atoms with Crippen molar-refractivity contribution in [2.45, 2.75) is 58.8 Å². The Hall–Kier alpha value is -1.76. The second-order valence-electron chi connectivity index (χ2n) is 7.64. The Balaban J connectivity index is 2.82. The summed E-state index contributed by atoms with van der Waals surface area (Å²) in [5, 5.41) is 5.46. The van der Waals surface area contributed by atoms with Gasteiger partial charge in [-0.1, -0.05) is 28.1 Å². The highest BCUT2D eigenvalue weighted by Crippen LogP contribution is 2.19. The van der Waals surface area contributed by atoms with Crippen LogP contribution in [0.15, 0.2) is 28.7 Å². The van der Waals surface area contributed by atoms with Crippen molar-refractivity contribution in [2.24, 2.45) is 0 Å². The number of rotatable bonds is 4. The van der Waals surface area contributed by atoms with Crippen molar-refractivity contribution in [1.82, 2.24) is 10.6 Å². The Labute approximate surface area is 157 Å². The van der Waals surface area contributed by atoms with Gasteiger partial charge in [-0.2, -0.15) is 0 Å². The Morgan fingerprint density at radius 3 is 2.12 bits per heavy atom. The summed E-state index contributed by atoms with van der Waals surface area (Å²) in [4.78, 5) is 24.0. The van der Waals surface area contributed by atoms with E-state index in [0.29, 0.717) is 0 Å². The first-order chi connectivity index (χ1) is 11.4.